The molecule has 1 aliphatic heterocycles. The fourth-order valence-electron chi connectivity index (χ4n) is 2.69. The van der Waals surface area contributed by atoms with Crippen LogP contribution in [0.3, 0.4) is 0 Å². The van der Waals surface area contributed by atoms with E-state index in [0.29, 0.717) is 25.8 Å². The molecule has 0 spiro atoms. The van der Waals surface area contributed by atoms with Gasteiger partial charge in [-0.25, -0.2) is 13.1 Å². The monoisotopic (exact) mass is 339 g/mol. The first kappa shape index (κ1) is 17.9. The second-order valence-electron chi connectivity index (χ2n) is 6.11. The highest BCUT2D eigenvalue weighted by Gasteiger charge is 2.27. The third kappa shape index (κ3) is 3.73. The van der Waals surface area contributed by atoms with Gasteiger partial charge in [-0.05, 0) is 43.0 Å². The summed E-state index contributed by atoms with van der Waals surface area (Å²) < 4.78 is 27.6. The zero-order valence-electron chi connectivity index (χ0n) is 13.9. The van der Waals surface area contributed by atoms with Crippen LogP contribution < -0.4 is 15.4 Å². The molecule has 0 saturated heterocycles. The molecule has 0 bridgehead atoms. The van der Waals surface area contributed by atoms with Crippen LogP contribution in [0.5, 0.6) is 0 Å². The Labute approximate surface area is 138 Å². The van der Waals surface area contributed by atoms with Gasteiger partial charge in [0, 0.05) is 31.2 Å². The lowest BCUT2D eigenvalue weighted by atomic mass is 9.95. The Morgan fingerprint density at radius 3 is 2.57 bits per heavy atom. The van der Waals surface area contributed by atoms with Gasteiger partial charge in [-0.3, -0.25) is 4.79 Å². The Morgan fingerprint density at radius 2 is 2.00 bits per heavy atom. The molecule has 0 unspecified atom stereocenters. The summed E-state index contributed by atoms with van der Waals surface area (Å²) in [5, 5.41) is 0. The number of fused-ring (bicyclic) bond motifs is 1. The highest BCUT2D eigenvalue weighted by molar-refractivity contribution is 7.89. The van der Waals surface area contributed by atoms with Gasteiger partial charge in [0.05, 0.1) is 4.90 Å². The molecule has 23 heavy (non-hydrogen) atoms. The number of anilines is 1. The molecular weight excluding hydrogens is 314 g/mol. The molecule has 3 N–H and O–H groups in total. The Bertz CT molecular complexity index is 697. The summed E-state index contributed by atoms with van der Waals surface area (Å²) >= 11 is 0. The van der Waals surface area contributed by atoms with Crippen molar-refractivity contribution in [2.45, 2.75) is 50.5 Å². The minimum Gasteiger partial charge on any atom is -0.324 e. The smallest absolute Gasteiger partial charge is 0.240 e. The third-order valence-corrected chi connectivity index (χ3v) is 6.06. The third-order valence-electron chi connectivity index (χ3n) is 4.66. The number of sulfonamides is 1. The molecule has 0 fully saturated rings. The van der Waals surface area contributed by atoms with Gasteiger partial charge in [-0.15, -0.1) is 0 Å². The summed E-state index contributed by atoms with van der Waals surface area (Å²) in [6.45, 7) is 6.21. The van der Waals surface area contributed by atoms with Crippen molar-refractivity contribution in [3.8, 4) is 0 Å². The first-order valence-electron chi connectivity index (χ1n) is 7.92. The van der Waals surface area contributed by atoms with Gasteiger partial charge in [-0.1, -0.05) is 13.8 Å². The molecule has 1 aromatic rings. The van der Waals surface area contributed by atoms with E-state index in [2.05, 4.69) is 4.72 Å². The first-order valence-corrected chi connectivity index (χ1v) is 9.40. The van der Waals surface area contributed by atoms with Gasteiger partial charge in [0.2, 0.25) is 15.9 Å². The SMILES string of the molecule is CCC(N)(CC)CNS(=O)(=O)c1ccc2c(c1)CCN2C(C)=O. The summed E-state index contributed by atoms with van der Waals surface area (Å²) in [6, 6.07) is 4.89. The number of rotatable bonds is 6. The van der Waals surface area contributed by atoms with Crippen molar-refractivity contribution in [3.05, 3.63) is 23.8 Å². The van der Waals surface area contributed by atoms with Gasteiger partial charge in [0.25, 0.3) is 0 Å². The van der Waals surface area contributed by atoms with Crippen molar-refractivity contribution in [1.29, 1.82) is 0 Å². The molecule has 7 heteroatoms. The van der Waals surface area contributed by atoms with Crippen molar-refractivity contribution in [2.75, 3.05) is 18.0 Å². The molecule has 2 rings (SSSR count). The van der Waals surface area contributed by atoms with E-state index >= 15 is 0 Å². The topological polar surface area (TPSA) is 92.5 Å². The van der Waals surface area contributed by atoms with Crippen LogP contribution >= 0.6 is 0 Å². The molecule has 0 saturated carbocycles. The minimum absolute atomic E-state index is 0.0312. The lowest BCUT2D eigenvalue weighted by Crippen LogP contribution is -2.49. The number of hydrogen-bond acceptors (Lipinski definition) is 4. The van der Waals surface area contributed by atoms with Crippen molar-refractivity contribution in [2.24, 2.45) is 5.73 Å². The maximum atomic E-state index is 12.5. The van der Waals surface area contributed by atoms with E-state index in [1.165, 1.54) is 6.92 Å². The van der Waals surface area contributed by atoms with Crippen LogP contribution in [-0.2, 0) is 21.2 Å². The van der Waals surface area contributed by atoms with E-state index in [0.717, 1.165) is 11.3 Å². The van der Waals surface area contributed by atoms with Crippen LogP contribution in [0.4, 0.5) is 5.69 Å². The largest absolute Gasteiger partial charge is 0.324 e. The molecule has 0 aliphatic carbocycles. The van der Waals surface area contributed by atoms with Gasteiger partial charge in [0.1, 0.15) is 0 Å². The molecule has 1 aromatic carbocycles. The van der Waals surface area contributed by atoms with Crippen molar-refractivity contribution in [1.82, 2.24) is 4.72 Å². The van der Waals surface area contributed by atoms with Crippen LogP contribution in [0.2, 0.25) is 0 Å². The fourth-order valence-corrected chi connectivity index (χ4v) is 3.88. The van der Waals surface area contributed by atoms with E-state index in [-0.39, 0.29) is 17.3 Å². The predicted molar refractivity (Wildman–Crippen MR) is 90.9 cm³/mol. The zero-order valence-corrected chi connectivity index (χ0v) is 14.7. The van der Waals surface area contributed by atoms with Gasteiger partial charge in [0.15, 0.2) is 0 Å². The highest BCUT2D eigenvalue weighted by Crippen LogP contribution is 2.30. The number of carbonyl (C=O) groups excluding carboxylic acids is 1. The Morgan fingerprint density at radius 1 is 1.35 bits per heavy atom. The molecule has 6 nitrogen and oxygen atoms in total. The standard InChI is InChI=1S/C16H25N3O3S/c1-4-16(17,5-2)11-18-23(21,22)14-6-7-15-13(10-14)8-9-19(15)12(3)20/h6-7,10,18H,4-5,8-9,11,17H2,1-3H3. The van der Waals surface area contributed by atoms with E-state index in [4.69, 9.17) is 5.73 Å². The fraction of sp³-hybridized carbons (Fsp3) is 0.562. The summed E-state index contributed by atoms with van der Waals surface area (Å²) in [7, 11) is -3.61. The maximum absolute atomic E-state index is 12.5. The van der Waals surface area contributed by atoms with Crippen molar-refractivity contribution < 1.29 is 13.2 Å². The predicted octanol–water partition coefficient (Wildman–Crippen LogP) is 1.39. The number of hydrogen-bond donors (Lipinski definition) is 2. The molecule has 0 aromatic heterocycles. The number of amides is 1. The minimum atomic E-state index is -3.61. The molecule has 1 aliphatic rings. The van der Waals surface area contributed by atoms with Gasteiger partial charge >= 0.3 is 0 Å². The molecule has 1 amide bonds. The lowest BCUT2D eigenvalue weighted by Gasteiger charge is -2.26. The van der Waals surface area contributed by atoms with E-state index in [9.17, 15) is 13.2 Å². The van der Waals surface area contributed by atoms with Crippen LogP contribution in [0, 0.1) is 0 Å². The average molecular weight is 339 g/mol. The average Bonchev–Trinajstić information content (AvgIpc) is 2.96. The second-order valence-corrected chi connectivity index (χ2v) is 7.87. The van der Waals surface area contributed by atoms with E-state index in [1.54, 1.807) is 23.1 Å². The number of nitrogens with one attached hydrogen (secondary N) is 1. The van der Waals surface area contributed by atoms with E-state index in [1.807, 2.05) is 13.8 Å². The normalized spacial score (nSPS) is 14.9. The number of nitrogens with two attached hydrogens (primary N) is 1. The first-order chi connectivity index (χ1) is 10.7. The van der Waals surface area contributed by atoms with Crippen molar-refractivity contribution in [3.63, 3.8) is 0 Å². The summed E-state index contributed by atoms with van der Waals surface area (Å²) in [6.07, 6.45) is 2.07. The van der Waals surface area contributed by atoms with Crippen LogP contribution in [-0.4, -0.2) is 33.0 Å². The van der Waals surface area contributed by atoms with Crippen LogP contribution in [0.25, 0.3) is 0 Å². The lowest BCUT2D eigenvalue weighted by molar-refractivity contribution is -0.116. The number of nitrogens with zero attached hydrogens (tertiary/aromatic N) is 1. The Kier molecular flexibility index (Phi) is 5.13. The summed E-state index contributed by atoms with van der Waals surface area (Å²) in [5.41, 5.74) is 7.30. The van der Waals surface area contributed by atoms with Gasteiger partial charge < -0.3 is 10.6 Å². The molecule has 0 atom stereocenters. The Hall–Kier alpha value is -1.44. The number of benzene rings is 1. The van der Waals surface area contributed by atoms with Crippen molar-refractivity contribution >= 4 is 21.6 Å². The quantitative estimate of drug-likeness (QED) is 0.819. The van der Waals surface area contributed by atoms with E-state index < -0.39 is 15.6 Å². The van der Waals surface area contributed by atoms with Crippen LogP contribution in [0.1, 0.15) is 39.2 Å². The zero-order chi connectivity index (χ0) is 17.3. The molecule has 1 heterocycles. The number of carbonyl (C=O) groups is 1. The summed E-state index contributed by atoms with van der Waals surface area (Å²) in [4.78, 5) is 13.4. The molecular formula is C16H25N3O3S. The molecule has 0 radical (unpaired) electrons. The maximum Gasteiger partial charge on any atom is 0.240 e. The summed E-state index contributed by atoms with van der Waals surface area (Å²) in [5.74, 6) is -0.0312. The van der Waals surface area contributed by atoms with Crippen LogP contribution in [0.15, 0.2) is 23.1 Å². The second kappa shape index (κ2) is 6.59. The highest BCUT2D eigenvalue weighted by atomic mass is 32.2. The Balaban J connectivity index is 2.20. The molecule has 128 valence electrons. The van der Waals surface area contributed by atoms with Gasteiger partial charge in [-0.2, -0.15) is 0 Å².